The van der Waals surface area contributed by atoms with E-state index in [1.807, 2.05) is 0 Å². The Morgan fingerprint density at radius 2 is 2.00 bits per heavy atom. The van der Waals surface area contributed by atoms with Crippen LogP contribution in [0.25, 0.3) is 0 Å². The second-order valence-electron chi connectivity index (χ2n) is 1.91. The van der Waals surface area contributed by atoms with E-state index in [0.29, 0.717) is 11.3 Å². The minimum atomic E-state index is 0.362. The first-order chi connectivity index (χ1) is 3.18. The predicted octanol–water partition coefficient (Wildman–Crippen LogP) is 2.68. The predicted molar refractivity (Wildman–Crippen MR) is 43.4 cm³/mol. The molecule has 0 aromatic rings. The van der Waals surface area contributed by atoms with Crippen LogP contribution in [0.4, 0.5) is 0 Å². The van der Waals surface area contributed by atoms with E-state index in [0.717, 1.165) is 4.43 Å². The SMILES string of the molecule is CC(C)C(Cl)CI. The molecular formula is C5H10ClI. The molecule has 44 valence electrons. The maximum absolute atomic E-state index is 5.79. The van der Waals surface area contributed by atoms with Gasteiger partial charge >= 0.3 is 0 Å². The van der Waals surface area contributed by atoms with Gasteiger partial charge in [0.2, 0.25) is 0 Å². The van der Waals surface area contributed by atoms with E-state index in [1.54, 1.807) is 0 Å². The molecule has 0 saturated carbocycles. The van der Waals surface area contributed by atoms with Gasteiger partial charge in [-0.3, -0.25) is 0 Å². The molecule has 0 bridgehead atoms. The molecule has 0 aromatic carbocycles. The van der Waals surface area contributed by atoms with Crippen LogP contribution in [0.5, 0.6) is 0 Å². The smallest absolute Gasteiger partial charge is 0.0448 e. The maximum atomic E-state index is 5.79. The third kappa shape index (κ3) is 3.59. The van der Waals surface area contributed by atoms with Gasteiger partial charge in [0, 0.05) is 9.80 Å². The molecule has 0 amide bonds. The highest BCUT2D eigenvalue weighted by atomic mass is 127. The van der Waals surface area contributed by atoms with Gasteiger partial charge in [-0.15, -0.1) is 11.6 Å². The highest BCUT2D eigenvalue weighted by Gasteiger charge is 2.04. The van der Waals surface area contributed by atoms with Crippen LogP contribution in [0.2, 0.25) is 0 Å². The molecule has 0 nitrogen and oxygen atoms in total. The summed E-state index contributed by atoms with van der Waals surface area (Å²) in [6.07, 6.45) is 0. The van der Waals surface area contributed by atoms with Gasteiger partial charge < -0.3 is 0 Å². The average Bonchev–Trinajstić information content (AvgIpc) is 1.65. The van der Waals surface area contributed by atoms with Crippen molar-refractivity contribution in [2.24, 2.45) is 5.92 Å². The lowest BCUT2D eigenvalue weighted by atomic mass is 10.2. The van der Waals surface area contributed by atoms with E-state index < -0.39 is 0 Å². The van der Waals surface area contributed by atoms with Gasteiger partial charge in [-0.1, -0.05) is 36.4 Å². The molecule has 1 atom stereocenters. The fourth-order valence-electron chi connectivity index (χ4n) is 0.178. The van der Waals surface area contributed by atoms with Gasteiger partial charge in [0.25, 0.3) is 0 Å². The Kier molecular flexibility index (Phi) is 4.53. The molecule has 0 fully saturated rings. The van der Waals surface area contributed by atoms with Gasteiger partial charge in [-0.2, -0.15) is 0 Å². The summed E-state index contributed by atoms with van der Waals surface area (Å²) >= 11 is 8.09. The lowest BCUT2D eigenvalue weighted by molar-refractivity contribution is 0.645. The number of hydrogen-bond donors (Lipinski definition) is 0. The Hall–Kier alpha value is 1.02. The molecule has 0 heterocycles. The lowest BCUT2D eigenvalue weighted by Gasteiger charge is -2.07. The molecule has 7 heavy (non-hydrogen) atoms. The summed E-state index contributed by atoms with van der Waals surface area (Å²) < 4.78 is 1.05. The summed E-state index contributed by atoms with van der Waals surface area (Å²) in [5, 5.41) is 0.362. The number of hydrogen-bond acceptors (Lipinski definition) is 0. The third-order valence-electron chi connectivity index (χ3n) is 0.871. The van der Waals surface area contributed by atoms with E-state index >= 15 is 0 Å². The minimum absolute atomic E-state index is 0.362. The fourth-order valence-corrected chi connectivity index (χ4v) is 1.20. The zero-order valence-corrected chi connectivity index (χ0v) is 7.53. The van der Waals surface area contributed by atoms with Crippen LogP contribution in [0.15, 0.2) is 0 Å². The largest absolute Gasteiger partial charge is 0.122 e. The Balaban J connectivity index is 3.14. The zero-order valence-electron chi connectivity index (χ0n) is 4.62. The van der Waals surface area contributed by atoms with Crippen LogP contribution in [0.3, 0.4) is 0 Å². The van der Waals surface area contributed by atoms with Gasteiger partial charge in [0.15, 0.2) is 0 Å². The molecule has 0 N–H and O–H groups in total. The molecule has 0 spiro atoms. The normalized spacial score (nSPS) is 15.0. The molecule has 0 aromatic heterocycles. The van der Waals surface area contributed by atoms with Crippen molar-refractivity contribution in [3.05, 3.63) is 0 Å². The average molecular weight is 232 g/mol. The van der Waals surface area contributed by atoms with E-state index in [9.17, 15) is 0 Å². The summed E-state index contributed by atoms with van der Waals surface area (Å²) in [7, 11) is 0. The van der Waals surface area contributed by atoms with Crippen LogP contribution in [-0.4, -0.2) is 9.80 Å². The van der Waals surface area contributed by atoms with Crippen LogP contribution >= 0.6 is 34.2 Å². The van der Waals surface area contributed by atoms with Crippen molar-refractivity contribution in [2.75, 3.05) is 4.43 Å². The summed E-state index contributed by atoms with van der Waals surface area (Å²) in [6, 6.07) is 0. The second kappa shape index (κ2) is 3.96. The molecule has 2 heteroatoms. The van der Waals surface area contributed by atoms with Gasteiger partial charge in [0.05, 0.1) is 0 Å². The van der Waals surface area contributed by atoms with Crippen molar-refractivity contribution < 1.29 is 0 Å². The van der Waals surface area contributed by atoms with Gasteiger partial charge in [-0.25, -0.2) is 0 Å². The van der Waals surface area contributed by atoms with Crippen molar-refractivity contribution in [2.45, 2.75) is 19.2 Å². The van der Waals surface area contributed by atoms with Crippen molar-refractivity contribution >= 4 is 34.2 Å². The lowest BCUT2D eigenvalue weighted by Crippen LogP contribution is -2.07. The minimum Gasteiger partial charge on any atom is -0.122 e. The van der Waals surface area contributed by atoms with E-state index in [4.69, 9.17) is 11.6 Å². The summed E-state index contributed by atoms with van der Waals surface area (Å²) in [6.45, 7) is 4.27. The Bertz CT molecular complexity index is 45.3. The topological polar surface area (TPSA) is 0 Å². The van der Waals surface area contributed by atoms with Crippen LogP contribution in [-0.2, 0) is 0 Å². The summed E-state index contributed by atoms with van der Waals surface area (Å²) in [4.78, 5) is 0. The van der Waals surface area contributed by atoms with E-state index in [2.05, 4.69) is 36.4 Å². The standard InChI is InChI=1S/C5H10ClI/c1-4(2)5(6)3-7/h4-5H,3H2,1-2H3. The van der Waals surface area contributed by atoms with Gasteiger partial charge in [-0.05, 0) is 5.92 Å². The van der Waals surface area contributed by atoms with Crippen LogP contribution in [0, 0.1) is 5.92 Å². The zero-order chi connectivity index (χ0) is 5.86. The molecule has 0 saturated heterocycles. The quantitative estimate of drug-likeness (QED) is 0.507. The Morgan fingerprint density at radius 1 is 1.57 bits per heavy atom. The van der Waals surface area contributed by atoms with Crippen LogP contribution < -0.4 is 0 Å². The van der Waals surface area contributed by atoms with Crippen molar-refractivity contribution in [3.8, 4) is 0 Å². The van der Waals surface area contributed by atoms with Gasteiger partial charge in [0.1, 0.15) is 0 Å². The summed E-state index contributed by atoms with van der Waals surface area (Å²) in [5.41, 5.74) is 0. The molecule has 1 unspecified atom stereocenters. The second-order valence-corrected chi connectivity index (χ2v) is 3.36. The molecular weight excluding hydrogens is 222 g/mol. The highest BCUT2D eigenvalue weighted by Crippen LogP contribution is 2.11. The molecule has 0 rings (SSSR count). The Labute approximate surface area is 63.8 Å². The fraction of sp³-hybridized carbons (Fsp3) is 1.00. The van der Waals surface area contributed by atoms with Crippen molar-refractivity contribution in [1.82, 2.24) is 0 Å². The Morgan fingerprint density at radius 3 is 2.00 bits per heavy atom. The molecule has 0 aliphatic carbocycles. The van der Waals surface area contributed by atoms with Crippen molar-refractivity contribution in [1.29, 1.82) is 0 Å². The highest BCUT2D eigenvalue weighted by molar-refractivity contribution is 14.1. The summed E-state index contributed by atoms with van der Waals surface area (Å²) in [5.74, 6) is 0.624. The number of alkyl halides is 2. The monoisotopic (exact) mass is 232 g/mol. The van der Waals surface area contributed by atoms with Crippen molar-refractivity contribution in [3.63, 3.8) is 0 Å². The number of rotatable bonds is 2. The first kappa shape index (κ1) is 8.02. The molecule has 0 aliphatic heterocycles. The molecule has 0 radical (unpaired) electrons. The van der Waals surface area contributed by atoms with Crippen LogP contribution in [0.1, 0.15) is 13.8 Å². The molecule has 0 aliphatic rings. The first-order valence-corrected chi connectivity index (χ1v) is 4.34. The first-order valence-electron chi connectivity index (χ1n) is 2.38. The third-order valence-corrected chi connectivity index (χ3v) is 3.00. The maximum Gasteiger partial charge on any atom is 0.0448 e. The van der Waals surface area contributed by atoms with E-state index in [-0.39, 0.29) is 0 Å². The van der Waals surface area contributed by atoms with E-state index in [1.165, 1.54) is 0 Å². The number of halogens is 2.